The highest BCUT2D eigenvalue weighted by atomic mass is 32.2. The molecule has 2 aromatic heterocycles. The number of nitrogens with one attached hydrogen (secondary N) is 1. The molecular weight excluding hydrogens is 323 g/mol. The van der Waals surface area contributed by atoms with E-state index in [9.17, 15) is 9.18 Å². The first kappa shape index (κ1) is 15.4. The van der Waals surface area contributed by atoms with Gasteiger partial charge < -0.3 is 4.98 Å². The van der Waals surface area contributed by atoms with Gasteiger partial charge in [0.05, 0.1) is 10.5 Å². The Hall–Kier alpha value is -2.14. The van der Waals surface area contributed by atoms with Crippen LogP contribution in [0.2, 0.25) is 0 Å². The van der Waals surface area contributed by atoms with Gasteiger partial charge >= 0.3 is 0 Å². The molecular formula is C19H17FN2OS. The van der Waals surface area contributed by atoms with E-state index in [0.29, 0.717) is 5.92 Å². The molecule has 24 heavy (non-hydrogen) atoms. The van der Waals surface area contributed by atoms with E-state index in [2.05, 4.69) is 4.98 Å². The number of hydrogen-bond donors (Lipinski definition) is 1. The standard InChI is InChI=1S/C19H17FN2OS/c1-10-7-12(20)5-6-13(10)14-8-16(24-2)22-18-15(14)9-21-19(23)17(18)11-3-4-11/h5-9,11H,3-4H2,1-2H3,(H,21,23). The topological polar surface area (TPSA) is 45.8 Å². The molecule has 4 rings (SSSR count). The van der Waals surface area contributed by atoms with Crippen molar-refractivity contribution in [1.82, 2.24) is 9.97 Å². The first-order valence-electron chi connectivity index (χ1n) is 7.95. The Morgan fingerprint density at radius 3 is 2.71 bits per heavy atom. The minimum absolute atomic E-state index is 0.0440. The fourth-order valence-electron chi connectivity index (χ4n) is 3.21. The van der Waals surface area contributed by atoms with Crippen LogP contribution < -0.4 is 5.56 Å². The van der Waals surface area contributed by atoms with Crippen LogP contribution in [0.4, 0.5) is 4.39 Å². The van der Waals surface area contributed by atoms with Crippen LogP contribution >= 0.6 is 11.8 Å². The summed E-state index contributed by atoms with van der Waals surface area (Å²) in [6.45, 7) is 1.90. The second kappa shape index (κ2) is 5.74. The average molecular weight is 340 g/mol. The van der Waals surface area contributed by atoms with Gasteiger partial charge in [-0.25, -0.2) is 9.37 Å². The number of halogens is 1. The Bertz CT molecular complexity index is 1010. The number of aromatic nitrogens is 2. The van der Waals surface area contributed by atoms with E-state index in [1.165, 1.54) is 12.1 Å². The van der Waals surface area contributed by atoms with Crippen molar-refractivity contribution in [1.29, 1.82) is 0 Å². The van der Waals surface area contributed by atoms with E-state index in [-0.39, 0.29) is 11.4 Å². The number of aromatic amines is 1. The van der Waals surface area contributed by atoms with Crippen molar-refractivity contribution < 1.29 is 4.39 Å². The maximum absolute atomic E-state index is 13.5. The smallest absolute Gasteiger partial charge is 0.253 e. The Balaban J connectivity index is 2.08. The molecule has 0 atom stereocenters. The van der Waals surface area contributed by atoms with Crippen LogP contribution in [0.5, 0.6) is 0 Å². The number of fused-ring (bicyclic) bond motifs is 1. The van der Waals surface area contributed by atoms with Gasteiger partial charge in [-0.2, -0.15) is 0 Å². The lowest BCUT2D eigenvalue weighted by Crippen LogP contribution is -2.12. The lowest BCUT2D eigenvalue weighted by molar-refractivity contribution is 0.627. The summed E-state index contributed by atoms with van der Waals surface area (Å²) in [4.78, 5) is 19.9. The van der Waals surface area contributed by atoms with Gasteiger partial charge in [-0.1, -0.05) is 6.07 Å². The number of benzene rings is 1. The van der Waals surface area contributed by atoms with Crippen molar-refractivity contribution in [2.24, 2.45) is 0 Å². The van der Waals surface area contributed by atoms with Crippen molar-refractivity contribution in [3.8, 4) is 11.1 Å². The summed E-state index contributed by atoms with van der Waals surface area (Å²) in [5.41, 5.74) is 4.36. The summed E-state index contributed by atoms with van der Waals surface area (Å²) in [5, 5.41) is 1.79. The Morgan fingerprint density at radius 2 is 2.04 bits per heavy atom. The molecule has 0 saturated heterocycles. The third-order valence-electron chi connectivity index (χ3n) is 4.56. The third kappa shape index (κ3) is 2.53. The highest BCUT2D eigenvalue weighted by Gasteiger charge is 2.29. The predicted molar refractivity (Wildman–Crippen MR) is 96.3 cm³/mol. The molecule has 122 valence electrons. The molecule has 0 bridgehead atoms. The van der Waals surface area contributed by atoms with Gasteiger partial charge in [0.15, 0.2) is 0 Å². The van der Waals surface area contributed by atoms with E-state index >= 15 is 0 Å². The lowest BCUT2D eigenvalue weighted by Gasteiger charge is -2.13. The Labute approximate surface area is 143 Å². The molecule has 0 amide bonds. The van der Waals surface area contributed by atoms with Crippen LogP contribution in [0, 0.1) is 12.7 Å². The highest BCUT2D eigenvalue weighted by Crippen LogP contribution is 2.42. The predicted octanol–water partition coefficient (Wildman–Crippen LogP) is 4.64. The molecule has 0 radical (unpaired) electrons. The summed E-state index contributed by atoms with van der Waals surface area (Å²) in [6.07, 6.45) is 5.79. The summed E-state index contributed by atoms with van der Waals surface area (Å²) >= 11 is 1.55. The van der Waals surface area contributed by atoms with Crippen LogP contribution in [-0.2, 0) is 0 Å². The first-order chi connectivity index (χ1) is 11.6. The second-order valence-corrected chi connectivity index (χ2v) is 7.07. The maximum atomic E-state index is 13.5. The van der Waals surface area contributed by atoms with E-state index in [1.54, 1.807) is 24.0 Å². The van der Waals surface area contributed by atoms with Gasteiger partial charge in [0, 0.05) is 17.1 Å². The summed E-state index contributed by atoms with van der Waals surface area (Å²) in [5.74, 6) is 0.0657. The van der Waals surface area contributed by atoms with Gasteiger partial charge in [-0.05, 0) is 66.8 Å². The number of rotatable bonds is 3. The zero-order valence-electron chi connectivity index (χ0n) is 13.5. The second-order valence-electron chi connectivity index (χ2n) is 6.24. The summed E-state index contributed by atoms with van der Waals surface area (Å²) in [6, 6.07) is 6.82. The van der Waals surface area contributed by atoms with Gasteiger partial charge in [0.25, 0.3) is 5.56 Å². The molecule has 1 fully saturated rings. The highest BCUT2D eigenvalue weighted by molar-refractivity contribution is 7.98. The SMILES string of the molecule is CSc1cc(-c2ccc(F)cc2C)c2c[nH]c(=O)c(C3CC3)c2n1. The summed E-state index contributed by atoms with van der Waals surface area (Å²) < 4.78 is 13.5. The zero-order valence-corrected chi connectivity index (χ0v) is 14.3. The van der Waals surface area contributed by atoms with Gasteiger partial charge in [-0.3, -0.25) is 4.79 Å². The fraction of sp³-hybridized carbons (Fsp3) is 0.263. The molecule has 1 saturated carbocycles. The van der Waals surface area contributed by atoms with Crippen molar-refractivity contribution in [2.45, 2.75) is 30.7 Å². The molecule has 1 aliphatic rings. The Kier molecular flexibility index (Phi) is 3.68. The number of pyridine rings is 2. The maximum Gasteiger partial charge on any atom is 0.253 e. The van der Waals surface area contributed by atoms with Gasteiger partial charge in [0.1, 0.15) is 5.82 Å². The van der Waals surface area contributed by atoms with Crippen molar-refractivity contribution in [3.05, 3.63) is 57.8 Å². The fourth-order valence-corrected chi connectivity index (χ4v) is 3.63. The van der Waals surface area contributed by atoms with Crippen LogP contribution in [0.25, 0.3) is 22.0 Å². The molecule has 1 N–H and O–H groups in total. The van der Waals surface area contributed by atoms with Crippen LogP contribution in [-0.4, -0.2) is 16.2 Å². The zero-order chi connectivity index (χ0) is 16.8. The van der Waals surface area contributed by atoms with Crippen molar-refractivity contribution in [3.63, 3.8) is 0 Å². The quantitative estimate of drug-likeness (QED) is 0.707. The van der Waals surface area contributed by atoms with E-state index in [0.717, 1.165) is 51.0 Å². The largest absolute Gasteiger partial charge is 0.328 e. The molecule has 3 nitrogen and oxygen atoms in total. The number of thioether (sulfide) groups is 1. The van der Waals surface area contributed by atoms with Crippen molar-refractivity contribution in [2.75, 3.05) is 6.26 Å². The molecule has 3 aromatic rings. The van der Waals surface area contributed by atoms with E-state index in [1.807, 2.05) is 19.2 Å². The minimum Gasteiger partial charge on any atom is -0.328 e. The number of nitrogens with zero attached hydrogens (tertiary/aromatic N) is 1. The van der Waals surface area contributed by atoms with Gasteiger partial charge in [-0.15, -0.1) is 11.8 Å². The number of hydrogen-bond acceptors (Lipinski definition) is 3. The molecule has 1 aromatic carbocycles. The monoisotopic (exact) mass is 340 g/mol. The van der Waals surface area contributed by atoms with Crippen molar-refractivity contribution >= 4 is 22.7 Å². The molecule has 5 heteroatoms. The molecule has 0 unspecified atom stereocenters. The molecule has 1 aliphatic carbocycles. The van der Waals surface area contributed by atoms with Crippen LogP contribution in [0.3, 0.4) is 0 Å². The molecule has 0 spiro atoms. The van der Waals surface area contributed by atoms with Crippen LogP contribution in [0.15, 0.2) is 40.3 Å². The Morgan fingerprint density at radius 1 is 1.25 bits per heavy atom. The van der Waals surface area contributed by atoms with Crippen LogP contribution in [0.1, 0.15) is 29.9 Å². The average Bonchev–Trinajstić information content (AvgIpc) is 3.38. The number of H-pyrrole nitrogens is 1. The normalized spacial score (nSPS) is 14.3. The van der Waals surface area contributed by atoms with Gasteiger partial charge in [0.2, 0.25) is 0 Å². The lowest BCUT2D eigenvalue weighted by atomic mass is 9.96. The molecule has 0 aliphatic heterocycles. The molecule has 2 heterocycles. The van der Waals surface area contributed by atoms with E-state index < -0.39 is 0 Å². The number of aryl methyl sites for hydroxylation is 1. The first-order valence-corrected chi connectivity index (χ1v) is 9.18. The minimum atomic E-state index is -0.244. The summed E-state index contributed by atoms with van der Waals surface area (Å²) in [7, 11) is 0. The van der Waals surface area contributed by atoms with E-state index in [4.69, 9.17) is 4.98 Å². The third-order valence-corrected chi connectivity index (χ3v) is 5.18.